The normalized spacial score (nSPS) is 13.2. The SMILES string of the molecule is c1ccc(-c2ccc(-c3c4ccccc4c(-c4ccc5cc6c(cc5c4)C4(c5ccccc5-c5ccccc54)c4ccc5ccccc5c4-6)c4ccccc34)c3ccccc23)cc1. The van der Waals surface area contributed by atoms with Gasteiger partial charge in [0, 0.05) is 0 Å². The van der Waals surface area contributed by atoms with Gasteiger partial charge < -0.3 is 0 Å². The maximum Gasteiger partial charge on any atom is 0.0725 e. The molecule has 2 aliphatic rings. The first-order valence-electron chi connectivity index (χ1n) is 22.1. The molecule has 0 N–H and O–H groups in total. The van der Waals surface area contributed by atoms with Gasteiger partial charge in [0.2, 0.25) is 0 Å². The van der Waals surface area contributed by atoms with Crippen molar-refractivity contribution in [2.45, 2.75) is 5.41 Å². The van der Waals surface area contributed by atoms with Crippen molar-refractivity contribution in [3.05, 3.63) is 253 Å². The van der Waals surface area contributed by atoms with Gasteiger partial charge in [-0.05, 0) is 150 Å². The Morgan fingerprint density at radius 2 is 0.730 bits per heavy atom. The van der Waals surface area contributed by atoms with Crippen LogP contribution in [0.4, 0.5) is 0 Å². The van der Waals surface area contributed by atoms with Crippen molar-refractivity contribution >= 4 is 53.9 Å². The Labute approximate surface area is 366 Å². The average molecular weight is 795 g/mol. The fourth-order valence-corrected chi connectivity index (χ4v) is 11.9. The highest BCUT2D eigenvalue weighted by molar-refractivity contribution is 6.24. The highest BCUT2D eigenvalue weighted by Gasteiger charge is 2.52. The summed E-state index contributed by atoms with van der Waals surface area (Å²) in [6.07, 6.45) is 0. The molecule has 1 spiro atoms. The molecule has 0 bridgehead atoms. The Balaban J connectivity index is 1.03. The van der Waals surface area contributed by atoms with Gasteiger partial charge in [-0.25, -0.2) is 0 Å². The monoisotopic (exact) mass is 794 g/mol. The van der Waals surface area contributed by atoms with Crippen molar-refractivity contribution in [1.82, 2.24) is 0 Å². The van der Waals surface area contributed by atoms with Gasteiger partial charge in [-0.15, -0.1) is 0 Å². The van der Waals surface area contributed by atoms with Crippen molar-refractivity contribution in [2.24, 2.45) is 0 Å². The molecule has 0 aromatic heterocycles. The minimum absolute atomic E-state index is 0.425. The van der Waals surface area contributed by atoms with Gasteiger partial charge >= 0.3 is 0 Å². The Bertz CT molecular complexity index is 3800. The molecule has 14 rings (SSSR count). The molecular formula is C63H38. The minimum Gasteiger partial charge on any atom is -0.0622 e. The summed E-state index contributed by atoms with van der Waals surface area (Å²) in [5.41, 5.74) is 17.9. The van der Waals surface area contributed by atoms with Crippen molar-refractivity contribution in [1.29, 1.82) is 0 Å². The quantitative estimate of drug-likeness (QED) is 0.156. The summed E-state index contributed by atoms with van der Waals surface area (Å²) in [6, 6.07) is 86.6. The highest BCUT2D eigenvalue weighted by Crippen LogP contribution is 2.64. The molecule has 0 radical (unpaired) electrons. The zero-order valence-electron chi connectivity index (χ0n) is 34.4. The van der Waals surface area contributed by atoms with E-state index in [1.807, 2.05) is 0 Å². The van der Waals surface area contributed by atoms with Gasteiger partial charge in [-0.2, -0.15) is 0 Å². The van der Waals surface area contributed by atoms with Gasteiger partial charge in [-0.3, -0.25) is 0 Å². The molecule has 0 heterocycles. The van der Waals surface area contributed by atoms with Crippen molar-refractivity contribution in [2.75, 3.05) is 0 Å². The van der Waals surface area contributed by atoms with Gasteiger partial charge in [-0.1, -0.05) is 212 Å². The molecule has 0 aliphatic heterocycles. The van der Waals surface area contributed by atoms with E-state index in [1.54, 1.807) is 0 Å². The lowest BCUT2D eigenvalue weighted by atomic mass is 9.70. The number of fused-ring (bicyclic) bond motifs is 16. The summed E-state index contributed by atoms with van der Waals surface area (Å²) in [7, 11) is 0. The van der Waals surface area contributed by atoms with Crippen molar-refractivity contribution in [3.8, 4) is 55.6 Å². The molecule has 290 valence electrons. The predicted molar refractivity (Wildman–Crippen MR) is 267 cm³/mol. The number of hydrogen-bond acceptors (Lipinski definition) is 0. The van der Waals surface area contributed by atoms with Crippen LogP contribution in [-0.2, 0) is 5.41 Å². The first kappa shape index (κ1) is 34.6. The lowest BCUT2D eigenvalue weighted by molar-refractivity contribution is 0.795. The molecule has 2 aliphatic carbocycles. The smallest absolute Gasteiger partial charge is 0.0622 e. The van der Waals surface area contributed by atoms with Crippen LogP contribution in [0.25, 0.3) is 109 Å². The van der Waals surface area contributed by atoms with Crippen LogP contribution in [0.15, 0.2) is 231 Å². The Hall–Kier alpha value is -8.06. The maximum atomic E-state index is 2.54. The molecule has 0 fully saturated rings. The number of rotatable bonds is 3. The zero-order valence-corrected chi connectivity index (χ0v) is 34.4. The lowest BCUT2D eigenvalue weighted by Gasteiger charge is -2.30. The zero-order chi connectivity index (χ0) is 41.2. The van der Waals surface area contributed by atoms with Crippen LogP contribution >= 0.6 is 0 Å². The van der Waals surface area contributed by atoms with Crippen LogP contribution in [-0.4, -0.2) is 0 Å². The summed E-state index contributed by atoms with van der Waals surface area (Å²) >= 11 is 0. The maximum absolute atomic E-state index is 2.54. The van der Waals surface area contributed by atoms with E-state index >= 15 is 0 Å². The molecule has 0 saturated carbocycles. The van der Waals surface area contributed by atoms with E-state index in [0.717, 1.165) is 0 Å². The molecule has 0 heteroatoms. The fraction of sp³-hybridized carbons (Fsp3) is 0.0159. The van der Waals surface area contributed by atoms with E-state index in [9.17, 15) is 0 Å². The van der Waals surface area contributed by atoms with Crippen LogP contribution < -0.4 is 0 Å². The number of benzene rings is 12. The van der Waals surface area contributed by atoms with E-state index in [4.69, 9.17) is 0 Å². The highest BCUT2D eigenvalue weighted by atomic mass is 14.5. The van der Waals surface area contributed by atoms with Crippen LogP contribution in [0.2, 0.25) is 0 Å². The largest absolute Gasteiger partial charge is 0.0725 e. The minimum atomic E-state index is -0.425. The Kier molecular flexibility index (Phi) is 7.13. The fourth-order valence-electron chi connectivity index (χ4n) is 11.9. The second-order valence-electron chi connectivity index (χ2n) is 17.4. The van der Waals surface area contributed by atoms with Crippen molar-refractivity contribution in [3.63, 3.8) is 0 Å². The first-order valence-corrected chi connectivity index (χ1v) is 22.1. The third-order valence-corrected chi connectivity index (χ3v) is 14.4. The van der Waals surface area contributed by atoms with Crippen LogP contribution in [0, 0.1) is 0 Å². The molecule has 12 aromatic rings. The third-order valence-electron chi connectivity index (χ3n) is 14.4. The summed E-state index contributed by atoms with van der Waals surface area (Å²) in [4.78, 5) is 0. The predicted octanol–water partition coefficient (Wildman–Crippen LogP) is 16.8. The van der Waals surface area contributed by atoms with Crippen molar-refractivity contribution < 1.29 is 0 Å². The summed E-state index contributed by atoms with van der Waals surface area (Å²) in [6.45, 7) is 0. The topological polar surface area (TPSA) is 0 Å². The average Bonchev–Trinajstić information content (AvgIpc) is 3.82. The van der Waals surface area contributed by atoms with Crippen LogP contribution in [0.5, 0.6) is 0 Å². The van der Waals surface area contributed by atoms with E-state index in [0.29, 0.717) is 0 Å². The Morgan fingerprint density at radius 3 is 1.41 bits per heavy atom. The first-order chi connectivity index (χ1) is 31.3. The van der Waals surface area contributed by atoms with Crippen LogP contribution in [0.1, 0.15) is 22.3 Å². The molecule has 0 nitrogen and oxygen atoms in total. The molecule has 12 aromatic carbocycles. The molecule has 0 saturated heterocycles. The van der Waals surface area contributed by atoms with Gasteiger partial charge in [0.25, 0.3) is 0 Å². The molecule has 63 heavy (non-hydrogen) atoms. The summed E-state index contributed by atoms with van der Waals surface area (Å²) in [5, 5.41) is 12.7. The second kappa shape index (κ2) is 13.0. The van der Waals surface area contributed by atoms with Gasteiger partial charge in [0.1, 0.15) is 0 Å². The van der Waals surface area contributed by atoms with E-state index in [1.165, 1.54) is 132 Å². The van der Waals surface area contributed by atoms with Crippen LogP contribution in [0.3, 0.4) is 0 Å². The third kappa shape index (κ3) is 4.65. The molecule has 0 amide bonds. The van der Waals surface area contributed by atoms with E-state index in [2.05, 4.69) is 231 Å². The standard InChI is InChI=1S/C63H38/c1-2-16-39(17-3-1)44-33-34-54(47-21-7-6-20-46(44)47)61-52-26-10-8-24-50(52)60(51-25-9-11-27-53(51)61)42-31-30-41-37-55-59(38-43(41)36-42)63(58-35-32-40-18-4-5-19-45(40)62(55)58)56-28-14-12-22-48(56)49-23-13-15-29-57(49)63/h1-38H. The van der Waals surface area contributed by atoms with E-state index < -0.39 is 5.41 Å². The molecular weight excluding hydrogens is 757 g/mol. The summed E-state index contributed by atoms with van der Waals surface area (Å²) in [5.74, 6) is 0. The summed E-state index contributed by atoms with van der Waals surface area (Å²) < 4.78 is 0. The molecule has 0 atom stereocenters. The second-order valence-corrected chi connectivity index (χ2v) is 17.4. The molecule has 0 unspecified atom stereocenters. The van der Waals surface area contributed by atoms with Gasteiger partial charge in [0.05, 0.1) is 5.41 Å². The lowest BCUT2D eigenvalue weighted by Crippen LogP contribution is -2.25. The Morgan fingerprint density at radius 1 is 0.206 bits per heavy atom. The van der Waals surface area contributed by atoms with Gasteiger partial charge in [0.15, 0.2) is 0 Å². The van der Waals surface area contributed by atoms with E-state index in [-0.39, 0.29) is 0 Å². The number of hydrogen-bond donors (Lipinski definition) is 0.